The molecule has 1 amide bonds. The molecule has 2 aromatic heterocycles. The molecule has 3 heterocycles. The maximum absolute atomic E-state index is 13.1. The highest BCUT2D eigenvalue weighted by Crippen LogP contribution is 2.32. The van der Waals surface area contributed by atoms with Crippen LogP contribution in [0.2, 0.25) is 0 Å². The highest BCUT2D eigenvalue weighted by Gasteiger charge is 2.24. The number of pyridine rings is 2. The third-order valence-electron chi connectivity index (χ3n) is 5.36. The number of aromatic nitrogens is 2. The number of benzene rings is 1. The fourth-order valence-corrected chi connectivity index (χ4v) is 3.58. The molecule has 0 atom stereocenters. The average Bonchev–Trinajstić information content (AvgIpc) is 3.19. The zero-order valence-corrected chi connectivity index (χ0v) is 16.0. The molecular weight excluding hydrogens is 336 g/mol. The first-order chi connectivity index (χ1) is 13.0. The van der Waals surface area contributed by atoms with Crippen LogP contribution in [-0.4, -0.2) is 33.9 Å². The smallest absolute Gasteiger partial charge is 0.257 e. The number of rotatable bonds is 3. The van der Waals surface area contributed by atoms with Gasteiger partial charge in [0.25, 0.3) is 5.91 Å². The zero-order valence-electron chi connectivity index (χ0n) is 16.0. The minimum absolute atomic E-state index is 0.0373. The van der Waals surface area contributed by atoms with Crippen molar-refractivity contribution < 1.29 is 4.79 Å². The molecule has 0 saturated carbocycles. The zero-order chi connectivity index (χ0) is 19.0. The molecule has 5 nitrogen and oxygen atoms in total. The van der Waals surface area contributed by atoms with Gasteiger partial charge >= 0.3 is 0 Å². The van der Waals surface area contributed by atoms with Crippen molar-refractivity contribution in [2.75, 3.05) is 18.4 Å². The highest BCUT2D eigenvalue weighted by atomic mass is 16.2. The van der Waals surface area contributed by atoms with Gasteiger partial charge in [0.1, 0.15) is 0 Å². The van der Waals surface area contributed by atoms with E-state index in [1.54, 1.807) is 6.20 Å². The molecule has 1 saturated heterocycles. The molecule has 138 valence electrons. The standard InChI is InChI=1S/C22H24N4O/c1-14-7-6-8-19(16(14)3)25-20-17-10-9-15(2)24-21(17)23-13-18(20)22(27)26-11-4-5-12-26/h6-10,13H,4-5,11-12H2,1-3H3,(H,23,24,25). The maximum Gasteiger partial charge on any atom is 0.257 e. The highest BCUT2D eigenvalue weighted by molar-refractivity contribution is 6.07. The van der Waals surface area contributed by atoms with E-state index in [9.17, 15) is 4.79 Å². The van der Waals surface area contributed by atoms with Crippen LogP contribution in [0.4, 0.5) is 11.4 Å². The lowest BCUT2D eigenvalue weighted by Gasteiger charge is -2.20. The number of nitrogens with zero attached hydrogens (tertiary/aromatic N) is 3. The second-order valence-corrected chi connectivity index (χ2v) is 7.24. The number of likely N-dealkylation sites (tertiary alicyclic amines) is 1. The van der Waals surface area contributed by atoms with Gasteiger partial charge < -0.3 is 10.2 Å². The van der Waals surface area contributed by atoms with Gasteiger partial charge in [0.2, 0.25) is 0 Å². The molecule has 1 aliphatic heterocycles. The van der Waals surface area contributed by atoms with E-state index >= 15 is 0 Å². The predicted molar refractivity (Wildman–Crippen MR) is 109 cm³/mol. The van der Waals surface area contributed by atoms with E-state index in [4.69, 9.17) is 0 Å². The summed E-state index contributed by atoms with van der Waals surface area (Å²) in [5.74, 6) is 0.0373. The Morgan fingerprint density at radius 3 is 2.63 bits per heavy atom. The molecular formula is C22H24N4O. The SMILES string of the molecule is Cc1ccc2c(Nc3cccc(C)c3C)c(C(=O)N3CCCC3)cnc2n1. The van der Waals surface area contributed by atoms with Gasteiger partial charge in [0, 0.05) is 36.1 Å². The number of aryl methyl sites for hydroxylation is 2. The van der Waals surface area contributed by atoms with Gasteiger partial charge in [-0.1, -0.05) is 12.1 Å². The Balaban J connectivity index is 1.87. The lowest BCUT2D eigenvalue weighted by atomic mass is 10.1. The van der Waals surface area contributed by atoms with Gasteiger partial charge in [-0.05, 0) is 62.9 Å². The van der Waals surface area contributed by atoms with Crippen LogP contribution in [0.3, 0.4) is 0 Å². The Hall–Kier alpha value is -2.95. The van der Waals surface area contributed by atoms with Crippen LogP contribution in [-0.2, 0) is 0 Å². The van der Waals surface area contributed by atoms with Crippen LogP contribution in [0, 0.1) is 20.8 Å². The summed E-state index contributed by atoms with van der Waals surface area (Å²) in [4.78, 5) is 24.1. The average molecular weight is 360 g/mol. The van der Waals surface area contributed by atoms with Crippen LogP contribution >= 0.6 is 0 Å². The monoisotopic (exact) mass is 360 g/mol. The summed E-state index contributed by atoms with van der Waals surface area (Å²) in [6.07, 6.45) is 3.80. The molecule has 27 heavy (non-hydrogen) atoms. The topological polar surface area (TPSA) is 58.1 Å². The van der Waals surface area contributed by atoms with E-state index in [2.05, 4.69) is 35.2 Å². The van der Waals surface area contributed by atoms with Crippen LogP contribution in [0.25, 0.3) is 11.0 Å². The van der Waals surface area contributed by atoms with Crippen molar-refractivity contribution in [2.24, 2.45) is 0 Å². The van der Waals surface area contributed by atoms with Crippen LogP contribution in [0.5, 0.6) is 0 Å². The molecule has 5 heteroatoms. The van der Waals surface area contributed by atoms with E-state index < -0.39 is 0 Å². The van der Waals surface area contributed by atoms with E-state index in [0.29, 0.717) is 11.2 Å². The fraction of sp³-hybridized carbons (Fsp3) is 0.318. The van der Waals surface area contributed by atoms with E-state index in [1.165, 1.54) is 11.1 Å². The van der Waals surface area contributed by atoms with Gasteiger partial charge in [0.15, 0.2) is 5.65 Å². The molecule has 3 aromatic rings. The van der Waals surface area contributed by atoms with Crippen molar-refractivity contribution in [3.63, 3.8) is 0 Å². The van der Waals surface area contributed by atoms with Crippen molar-refractivity contribution in [3.8, 4) is 0 Å². The molecule has 0 radical (unpaired) electrons. The van der Waals surface area contributed by atoms with Crippen molar-refractivity contribution >= 4 is 28.3 Å². The summed E-state index contributed by atoms with van der Waals surface area (Å²) in [5.41, 5.74) is 6.33. The van der Waals surface area contributed by atoms with Crippen molar-refractivity contribution in [1.29, 1.82) is 0 Å². The number of hydrogen-bond donors (Lipinski definition) is 1. The van der Waals surface area contributed by atoms with E-state index in [-0.39, 0.29) is 5.91 Å². The quantitative estimate of drug-likeness (QED) is 0.745. The summed E-state index contributed by atoms with van der Waals surface area (Å²) < 4.78 is 0. The second kappa shape index (κ2) is 6.99. The number of fused-ring (bicyclic) bond motifs is 1. The minimum Gasteiger partial charge on any atom is -0.354 e. The van der Waals surface area contributed by atoms with Crippen molar-refractivity contribution in [1.82, 2.24) is 14.9 Å². The first-order valence-corrected chi connectivity index (χ1v) is 9.43. The number of amides is 1. The van der Waals surface area contributed by atoms with Gasteiger partial charge in [0.05, 0.1) is 11.3 Å². The van der Waals surface area contributed by atoms with Gasteiger partial charge in [-0.3, -0.25) is 4.79 Å². The van der Waals surface area contributed by atoms with Crippen LogP contribution in [0.15, 0.2) is 36.5 Å². The maximum atomic E-state index is 13.1. The predicted octanol–water partition coefficient (Wildman–Crippen LogP) is 4.53. The summed E-state index contributed by atoms with van der Waals surface area (Å²) in [7, 11) is 0. The Bertz CT molecular complexity index is 1020. The van der Waals surface area contributed by atoms with Gasteiger partial charge in [-0.2, -0.15) is 0 Å². The number of nitrogens with one attached hydrogen (secondary N) is 1. The number of anilines is 2. The van der Waals surface area contributed by atoms with Crippen molar-refractivity contribution in [2.45, 2.75) is 33.6 Å². The van der Waals surface area contributed by atoms with Crippen molar-refractivity contribution in [3.05, 3.63) is 58.9 Å². The largest absolute Gasteiger partial charge is 0.354 e. The Kier molecular flexibility index (Phi) is 4.52. The third kappa shape index (κ3) is 3.25. The number of carbonyl (C=O) groups excluding carboxylic acids is 1. The Morgan fingerprint density at radius 1 is 1.07 bits per heavy atom. The number of hydrogen-bond acceptors (Lipinski definition) is 4. The Labute approximate surface area is 159 Å². The summed E-state index contributed by atoms with van der Waals surface area (Å²) in [6.45, 7) is 7.75. The molecule has 0 bridgehead atoms. The molecule has 0 unspecified atom stereocenters. The Morgan fingerprint density at radius 2 is 1.85 bits per heavy atom. The van der Waals surface area contributed by atoms with Gasteiger partial charge in [-0.25, -0.2) is 9.97 Å². The molecule has 1 aromatic carbocycles. The fourth-order valence-electron chi connectivity index (χ4n) is 3.58. The molecule has 0 spiro atoms. The molecule has 1 N–H and O–H groups in total. The molecule has 0 aliphatic carbocycles. The summed E-state index contributed by atoms with van der Waals surface area (Å²) in [5, 5.41) is 4.39. The second-order valence-electron chi connectivity index (χ2n) is 7.24. The van der Waals surface area contributed by atoms with Crippen LogP contribution in [0.1, 0.15) is 40.0 Å². The summed E-state index contributed by atoms with van der Waals surface area (Å²) in [6, 6.07) is 10.1. The first-order valence-electron chi connectivity index (χ1n) is 9.43. The summed E-state index contributed by atoms with van der Waals surface area (Å²) >= 11 is 0. The first kappa shape index (κ1) is 17.5. The lowest BCUT2D eigenvalue weighted by molar-refractivity contribution is 0.0793. The normalized spacial score (nSPS) is 14.0. The van der Waals surface area contributed by atoms with Gasteiger partial charge in [-0.15, -0.1) is 0 Å². The van der Waals surface area contributed by atoms with Crippen LogP contribution < -0.4 is 5.32 Å². The molecule has 4 rings (SSSR count). The molecule has 1 aliphatic rings. The van der Waals surface area contributed by atoms with E-state index in [1.807, 2.05) is 36.1 Å². The lowest BCUT2D eigenvalue weighted by Crippen LogP contribution is -2.28. The molecule has 1 fully saturated rings. The third-order valence-corrected chi connectivity index (χ3v) is 5.36. The minimum atomic E-state index is 0.0373. The number of carbonyl (C=O) groups is 1. The van der Waals surface area contributed by atoms with E-state index in [0.717, 1.165) is 48.4 Å².